The highest BCUT2D eigenvalue weighted by Gasteiger charge is 2.10. The molecule has 0 spiro atoms. The highest BCUT2D eigenvalue weighted by Crippen LogP contribution is 2.21. The van der Waals surface area contributed by atoms with Gasteiger partial charge >= 0.3 is 0 Å². The van der Waals surface area contributed by atoms with Gasteiger partial charge in [0.05, 0.1) is 17.6 Å². The number of nitrogens with zero attached hydrogens (tertiary/aromatic N) is 2. The number of aromatic nitrogens is 2. The number of benzene rings is 3. The van der Waals surface area contributed by atoms with E-state index >= 15 is 0 Å². The minimum absolute atomic E-state index is 0.0778. The van der Waals surface area contributed by atoms with E-state index < -0.39 is 0 Å². The summed E-state index contributed by atoms with van der Waals surface area (Å²) in [5, 5.41) is 2.97. The summed E-state index contributed by atoms with van der Waals surface area (Å²) >= 11 is 0. The maximum Gasteiger partial charge on any atom is 0.243 e. The maximum atomic E-state index is 12.1. The third-order valence-corrected chi connectivity index (χ3v) is 6.18. The normalized spacial score (nSPS) is 11.3. The summed E-state index contributed by atoms with van der Waals surface area (Å²) < 4.78 is 8.35. The molecule has 0 aliphatic rings. The van der Waals surface area contributed by atoms with E-state index in [0.29, 0.717) is 13.2 Å². The highest BCUT2D eigenvalue weighted by molar-refractivity contribution is 5.91. The van der Waals surface area contributed by atoms with Crippen LogP contribution in [-0.2, 0) is 17.8 Å². The molecule has 5 nitrogen and oxygen atoms in total. The molecule has 0 atom stereocenters. The van der Waals surface area contributed by atoms with Crippen LogP contribution in [0.3, 0.4) is 0 Å². The van der Waals surface area contributed by atoms with E-state index in [1.807, 2.05) is 54.6 Å². The van der Waals surface area contributed by atoms with Crippen molar-refractivity contribution in [2.45, 2.75) is 39.7 Å². The van der Waals surface area contributed by atoms with E-state index in [0.717, 1.165) is 54.0 Å². The first-order chi connectivity index (χ1) is 17.1. The lowest BCUT2D eigenvalue weighted by Gasteiger charge is -2.13. The number of rotatable bonds is 11. The Bertz CT molecular complexity index is 1290. The summed E-state index contributed by atoms with van der Waals surface area (Å²) in [5.74, 6) is 1.93. The predicted octanol–water partition coefficient (Wildman–Crippen LogP) is 5.88. The molecular weight excluding hydrogens is 434 g/mol. The number of amides is 1. The summed E-state index contributed by atoms with van der Waals surface area (Å²) in [4.78, 5) is 17.0. The SMILES string of the molecule is Cc1cccc(OCCCn2c(CCCNC(=O)/C=C\c3ccccc3)nc3ccccc32)c1C. The minimum atomic E-state index is -0.0778. The molecule has 3 aromatic carbocycles. The van der Waals surface area contributed by atoms with Crippen molar-refractivity contribution >= 4 is 23.0 Å². The first kappa shape index (κ1) is 24.3. The molecule has 35 heavy (non-hydrogen) atoms. The molecule has 1 amide bonds. The first-order valence-electron chi connectivity index (χ1n) is 12.3. The number of nitrogens with one attached hydrogen (secondary N) is 1. The van der Waals surface area contributed by atoms with Crippen LogP contribution in [0.25, 0.3) is 17.1 Å². The summed E-state index contributed by atoms with van der Waals surface area (Å²) in [5.41, 5.74) is 5.60. The average Bonchev–Trinajstić information content (AvgIpc) is 3.23. The van der Waals surface area contributed by atoms with E-state index in [-0.39, 0.29) is 5.91 Å². The van der Waals surface area contributed by atoms with Crippen LogP contribution in [0, 0.1) is 13.8 Å². The van der Waals surface area contributed by atoms with E-state index in [4.69, 9.17) is 9.72 Å². The predicted molar refractivity (Wildman–Crippen MR) is 143 cm³/mol. The molecule has 1 heterocycles. The zero-order chi connectivity index (χ0) is 24.5. The van der Waals surface area contributed by atoms with E-state index in [2.05, 4.69) is 48.0 Å². The van der Waals surface area contributed by atoms with Gasteiger partial charge in [-0.05, 0) is 67.7 Å². The Morgan fingerprint density at radius 3 is 2.63 bits per heavy atom. The Hall–Kier alpha value is -3.86. The smallest absolute Gasteiger partial charge is 0.243 e. The molecule has 0 bridgehead atoms. The molecule has 0 radical (unpaired) electrons. The maximum absolute atomic E-state index is 12.1. The summed E-state index contributed by atoms with van der Waals surface area (Å²) in [6.45, 7) is 6.31. The second-order valence-electron chi connectivity index (χ2n) is 8.71. The van der Waals surface area contributed by atoms with E-state index in [9.17, 15) is 4.79 Å². The van der Waals surface area contributed by atoms with Crippen LogP contribution in [0.15, 0.2) is 78.9 Å². The van der Waals surface area contributed by atoms with Crippen LogP contribution < -0.4 is 10.1 Å². The first-order valence-corrected chi connectivity index (χ1v) is 12.3. The number of ether oxygens (including phenoxy) is 1. The van der Waals surface area contributed by atoms with Gasteiger partial charge in [0, 0.05) is 25.6 Å². The van der Waals surface area contributed by atoms with Gasteiger partial charge in [0.2, 0.25) is 5.91 Å². The third kappa shape index (κ3) is 6.60. The van der Waals surface area contributed by atoms with Gasteiger partial charge in [-0.2, -0.15) is 0 Å². The van der Waals surface area contributed by atoms with Gasteiger partial charge in [-0.1, -0.05) is 54.6 Å². The number of fused-ring (bicyclic) bond motifs is 1. The fourth-order valence-electron chi connectivity index (χ4n) is 4.10. The van der Waals surface area contributed by atoms with E-state index in [1.54, 1.807) is 6.08 Å². The van der Waals surface area contributed by atoms with Crippen LogP contribution in [0.4, 0.5) is 0 Å². The van der Waals surface area contributed by atoms with Gasteiger partial charge in [-0.15, -0.1) is 0 Å². The quantitative estimate of drug-likeness (QED) is 0.221. The van der Waals surface area contributed by atoms with Crippen molar-refractivity contribution < 1.29 is 9.53 Å². The Morgan fingerprint density at radius 1 is 0.971 bits per heavy atom. The highest BCUT2D eigenvalue weighted by atomic mass is 16.5. The Morgan fingerprint density at radius 2 is 1.77 bits per heavy atom. The van der Waals surface area contributed by atoms with Crippen LogP contribution in [-0.4, -0.2) is 28.6 Å². The molecule has 1 aromatic heterocycles. The van der Waals surface area contributed by atoms with Gasteiger partial charge < -0.3 is 14.6 Å². The molecule has 0 aliphatic carbocycles. The molecule has 180 valence electrons. The summed E-state index contributed by atoms with van der Waals surface area (Å²) in [6, 6.07) is 24.2. The van der Waals surface area contributed by atoms with Crippen molar-refractivity contribution in [3.8, 4) is 5.75 Å². The van der Waals surface area contributed by atoms with E-state index in [1.165, 1.54) is 11.1 Å². The standard InChI is InChI=1S/C30H33N3O2/c1-23-11-8-16-28(24(23)2)35-22-10-21-33-27-15-7-6-14-26(27)32-29(33)17-9-20-31-30(34)19-18-25-12-4-3-5-13-25/h3-8,11-16,18-19H,9-10,17,20-22H2,1-2H3,(H,31,34)/b19-18-. The van der Waals surface area contributed by atoms with Crippen molar-refractivity contribution in [2.24, 2.45) is 0 Å². The molecule has 4 rings (SSSR count). The minimum Gasteiger partial charge on any atom is -0.493 e. The second-order valence-corrected chi connectivity index (χ2v) is 8.71. The molecule has 0 fully saturated rings. The monoisotopic (exact) mass is 467 g/mol. The van der Waals surface area contributed by atoms with Crippen molar-refractivity contribution in [1.82, 2.24) is 14.9 Å². The fourth-order valence-corrected chi connectivity index (χ4v) is 4.10. The molecule has 0 aliphatic heterocycles. The average molecular weight is 468 g/mol. The lowest BCUT2D eigenvalue weighted by Crippen LogP contribution is -2.22. The Kier molecular flexibility index (Phi) is 8.34. The molecule has 1 N–H and O–H groups in total. The number of para-hydroxylation sites is 2. The van der Waals surface area contributed by atoms with Crippen molar-refractivity contribution in [3.63, 3.8) is 0 Å². The van der Waals surface area contributed by atoms with Gasteiger partial charge in [0.15, 0.2) is 0 Å². The zero-order valence-electron chi connectivity index (χ0n) is 20.5. The molecule has 4 aromatic rings. The second kappa shape index (κ2) is 12.0. The molecule has 0 unspecified atom stereocenters. The van der Waals surface area contributed by atoms with Crippen molar-refractivity contribution in [1.29, 1.82) is 0 Å². The van der Waals surface area contributed by atoms with Crippen molar-refractivity contribution in [3.05, 3.63) is 101 Å². The molecular formula is C30H33N3O2. The van der Waals surface area contributed by atoms with Crippen molar-refractivity contribution in [2.75, 3.05) is 13.2 Å². The molecule has 0 saturated heterocycles. The third-order valence-electron chi connectivity index (χ3n) is 6.18. The topological polar surface area (TPSA) is 56.1 Å². The molecule has 0 saturated carbocycles. The number of imidazole rings is 1. The number of aryl methyl sites for hydroxylation is 3. The van der Waals surface area contributed by atoms with Gasteiger partial charge in [-0.25, -0.2) is 4.98 Å². The van der Waals surface area contributed by atoms with Gasteiger partial charge in [-0.3, -0.25) is 4.79 Å². The fraction of sp³-hybridized carbons (Fsp3) is 0.267. The van der Waals surface area contributed by atoms with Crippen LogP contribution >= 0.6 is 0 Å². The number of carbonyl (C=O) groups is 1. The summed E-state index contributed by atoms with van der Waals surface area (Å²) in [7, 11) is 0. The van der Waals surface area contributed by atoms with Crippen LogP contribution in [0.1, 0.15) is 35.4 Å². The number of hydrogen-bond donors (Lipinski definition) is 1. The lowest BCUT2D eigenvalue weighted by atomic mass is 10.1. The van der Waals surface area contributed by atoms with Crippen LogP contribution in [0.2, 0.25) is 0 Å². The van der Waals surface area contributed by atoms with Gasteiger partial charge in [0.25, 0.3) is 0 Å². The molecule has 5 heteroatoms. The number of carbonyl (C=O) groups excluding carboxylic acids is 1. The van der Waals surface area contributed by atoms with Crippen LogP contribution in [0.5, 0.6) is 5.75 Å². The zero-order valence-corrected chi connectivity index (χ0v) is 20.5. The number of hydrogen-bond acceptors (Lipinski definition) is 3. The van der Waals surface area contributed by atoms with Gasteiger partial charge in [0.1, 0.15) is 11.6 Å². The summed E-state index contributed by atoms with van der Waals surface area (Å²) in [6.07, 6.45) is 5.93. The largest absolute Gasteiger partial charge is 0.493 e. The Labute approximate surface area is 207 Å². The lowest BCUT2D eigenvalue weighted by molar-refractivity contribution is -0.116. The Balaban J connectivity index is 1.30.